The topological polar surface area (TPSA) is 93.4 Å². The molecule has 0 radical (unpaired) electrons. The van der Waals surface area contributed by atoms with Crippen LogP contribution < -0.4 is 5.01 Å². The van der Waals surface area contributed by atoms with E-state index in [9.17, 15) is 13.2 Å². The highest BCUT2D eigenvalue weighted by atomic mass is 32.2. The lowest BCUT2D eigenvalue weighted by molar-refractivity contribution is -0.117. The molecule has 208 valence electrons. The van der Waals surface area contributed by atoms with E-state index in [1.807, 2.05) is 64.3 Å². The second-order valence-corrected chi connectivity index (χ2v) is 12.0. The lowest BCUT2D eigenvalue weighted by atomic mass is 9.68. The van der Waals surface area contributed by atoms with Crippen LogP contribution in [0.2, 0.25) is 0 Å². The summed E-state index contributed by atoms with van der Waals surface area (Å²) >= 11 is 0. The summed E-state index contributed by atoms with van der Waals surface area (Å²) in [7, 11) is 0.506. The van der Waals surface area contributed by atoms with Gasteiger partial charge in [0.2, 0.25) is 5.90 Å². The Hall–Kier alpha value is -3.21. The Morgan fingerprint density at radius 1 is 1.08 bits per heavy atom. The third-order valence-electron chi connectivity index (χ3n) is 7.74. The largest absolute Gasteiger partial charge is 0.466 e. The molecule has 3 aromatic rings. The van der Waals surface area contributed by atoms with Crippen molar-refractivity contribution in [3.63, 3.8) is 0 Å². The van der Waals surface area contributed by atoms with E-state index >= 15 is 0 Å². The molecule has 9 nitrogen and oxygen atoms in total. The van der Waals surface area contributed by atoms with Gasteiger partial charge in [0.05, 0.1) is 24.6 Å². The number of likely N-dealkylation sites (tertiary alicyclic amines) is 1. The maximum Gasteiger partial charge on any atom is 0.264 e. The van der Waals surface area contributed by atoms with Gasteiger partial charge in [0.25, 0.3) is 16.0 Å². The zero-order chi connectivity index (χ0) is 27.9. The molecule has 0 N–H and O–H groups in total. The summed E-state index contributed by atoms with van der Waals surface area (Å²) in [4.78, 5) is 15.2. The van der Waals surface area contributed by atoms with E-state index < -0.39 is 15.7 Å². The Labute approximate surface area is 230 Å². The van der Waals surface area contributed by atoms with Crippen molar-refractivity contribution in [3.05, 3.63) is 65.9 Å². The molecule has 0 bridgehead atoms. The average molecular weight is 553 g/mol. The molecule has 3 heterocycles. The molecule has 3 aliphatic rings. The average Bonchev–Trinajstić information content (AvgIpc) is 3.44. The highest BCUT2D eigenvalue weighted by Gasteiger charge is 2.54. The van der Waals surface area contributed by atoms with Crippen molar-refractivity contribution >= 4 is 38.5 Å². The van der Waals surface area contributed by atoms with Gasteiger partial charge in [-0.1, -0.05) is 44.2 Å². The molecule has 6 rings (SSSR count). The number of hydrogen-bond acceptors (Lipinski definition) is 7. The highest BCUT2D eigenvalue weighted by molar-refractivity contribution is 7.85. The number of para-hydroxylation sites is 1. The molecule has 0 spiro atoms. The number of benzene rings is 2. The molecule has 1 fully saturated rings. The zero-order valence-corrected chi connectivity index (χ0v) is 23.9. The summed E-state index contributed by atoms with van der Waals surface area (Å²) < 4.78 is 37.9. The summed E-state index contributed by atoms with van der Waals surface area (Å²) in [5.74, 6) is 0.123. The maximum atomic E-state index is 12.9. The van der Waals surface area contributed by atoms with Gasteiger partial charge in [0, 0.05) is 42.2 Å². The number of anilines is 1. The number of aromatic nitrogens is 1. The molecule has 2 aliphatic heterocycles. The summed E-state index contributed by atoms with van der Waals surface area (Å²) in [6.07, 6.45) is 4.63. The number of ether oxygens (including phenoxy) is 1. The quantitative estimate of drug-likeness (QED) is 0.444. The van der Waals surface area contributed by atoms with Crippen molar-refractivity contribution in [2.45, 2.75) is 44.8 Å². The summed E-state index contributed by atoms with van der Waals surface area (Å²) in [5.41, 5.74) is 3.28. The second kappa shape index (κ2) is 10.4. The Balaban J connectivity index is 0.00000151. The van der Waals surface area contributed by atoms with Crippen LogP contribution in [0.25, 0.3) is 10.9 Å². The van der Waals surface area contributed by atoms with E-state index in [1.54, 1.807) is 0 Å². The normalized spacial score (nSPS) is 24.7. The molecule has 10 heteroatoms. The van der Waals surface area contributed by atoms with Gasteiger partial charge >= 0.3 is 0 Å². The molecule has 3 atom stereocenters. The molecule has 2 aromatic carbocycles. The second-order valence-electron chi connectivity index (χ2n) is 10.4. The van der Waals surface area contributed by atoms with Gasteiger partial charge in [-0.3, -0.25) is 13.9 Å². The Morgan fingerprint density at radius 3 is 2.54 bits per heavy atom. The number of fused-ring (bicyclic) bond motifs is 2. The predicted molar refractivity (Wildman–Crippen MR) is 152 cm³/mol. The van der Waals surface area contributed by atoms with Crippen molar-refractivity contribution in [2.24, 2.45) is 18.1 Å². The summed E-state index contributed by atoms with van der Waals surface area (Å²) in [6, 6.07) is 15.5. The number of carbonyl (C=O) groups is 1. The molecular formula is C29H36N4O5S. The summed E-state index contributed by atoms with van der Waals surface area (Å²) in [6.45, 7) is 4.74. The van der Waals surface area contributed by atoms with Gasteiger partial charge in [-0.25, -0.2) is 0 Å². The lowest BCUT2D eigenvalue weighted by Crippen LogP contribution is -2.60. The number of hydrazone groups is 1. The fourth-order valence-electron chi connectivity index (χ4n) is 6.33. The van der Waals surface area contributed by atoms with E-state index in [2.05, 4.69) is 32.9 Å². The standard InChI is InChI=1S/C27H30N4O5S.C2H6/c1-29-16-19-12-23-27(21-10-7-11-22(29)26(19)21,14-18(15-30(23)2)17-35-37(3,33)34)36-24-13-25(32)31(28-24)20-8-5-4-6-9-20;1-2/h4-11,16,18,23H,12-15,17H2,1-3H3;1-2H3/t18-,23-,27+;/m1./s1. The fourth-order valence-corrected chi connectivity index (χ4v) is 6.77. The minimum atomic E-state index is -3.58. The smallest absolute Gasteiger partial charge is 0.264 e. The SMILES string of the molecule is CC.CN1C[C@H](COS(C)(=O)=O)C[C@]2(OC3=NN(c4ccccc4)C(=O)C3)c3cccc4c3c(cn4C)C[C@@H]12. The van der Waals surface area contributed by atoms with Crippen LogP contribution in [0.15, 0.2) is 59.8 Å². The molecule has 1 amide bonds. The zero-order valence-electron chi connectivity index (χ0n) is 23.1. The van der Waals surface area contributed by atoms with Crippen LogP contribution in [-0.4, -0.2) is 62.2 Å². The molecule has 1 saturated heterocycles. The van der Waals surface area contributed by atoms with E-state index in [1.165, 1.54) is 10.6 Å². The first kappa shape index (κ1) is 27.4. The van der Waals surface area contributed by atoms with Crippen LogP contribution in [0, 0.1) is 5.92 Å². The van der Waals surface area contributed by atoms with Gasteiger partial charge < -0.3 is 9.30 Å². The van der Waals surface area contributed by atoms with E-state index in [-0.39, 0.29) is 30.9 Å². The van der Waals surface area contributed by atoms with Crippen LogP contribution in [0.3, 0.4) is 0 Å². The Bertz CT molecular complexity index is 1520. The van der Waals surface area contributed by atoms with Gasteiger partial charge in [0.15, 0.2) is 5.60 Å². The Kier molecular flexibility index (Phi) is 7.30. The number of rotatable bonds is 5. The third-order valence-corrected chi connectivity index (χ3v) is 8.30. The van der Waals surface area contributed by atoms with Gasteiger partial charge in [0.1, 0.15) is 6.42 Å². The first-order valence-corrected chi connectivity index (χ1v) is 15.2. The van der Waals surface area contributed by atoms with Gasteiger partial charge in [-0.2, -0.15) is 13.4 Å². The molecule has 1 aromatic heterocycles. The van der Waals surface area contributed by atoms with Gasteiger partial charge in [-0.15, -0.1) is 5.10 Å². The third kappa shape index (κ3) is 4.97. The molecule has 1 aliphatic carbocycles. The number of nitrogens with zero attached hydrogens (tertiary/aromatic N) is 4. The minimum Gasteiger partial charge on any atom is -0.466 e. The molecule has 39 heavy (non-hydrogen) atoms. The number of aryl methyl sites for hydroxylation is 1. The number of amides is 1. The number of carbonyl (C=O) groups excluding carboxylic acids is 1. The van der Waals surface area contributed by atoms with E-state index in [4.69, 9.17) is 8.92 Å². The van der Waals surface area contributed by atoms with Crippen molar-refractivity contribution in [2.75, 3.05) is 31.5 Å². The van der Waals surface area contributed by atoms with Crippen molar-refractivity contribution in [3.8, 4) is 0 Å². The first-order valence-electron chi connectivity index (χ1n) is 13.4. The molecule has 0 saturated carbocycles. The van der Waals surface area contributed by atoms with Gasteiger partial charge in [-0.05, 0) is 43.7 Å². The molecular weight excluding hydrogens is 516 g/mol. The minimum absolute atomic E-state index is 0.0222. The van der Waals surface area contributed by atoms with Crippen LogP contribution in [0.4, 0.5) is 5.69 Å². The van der Waals surface area contributed by atoms with Crippen molar-refractivity contribution in [1.29, 1.82) is 0 Å². The van der Waals surface area contributed by atoms with Crippen molar-refractivity contribution in [1.82, 2.24) is 9.47 Å². The fraction of sp³-hybridized carbons (Fsp3) is 0.448. The summed E-state index contributed by atoms with van der Waals surface area (Å²) in [5, 5.41) is 7.16. The van der Waals surface area contributed by atoms with E-state index in [0.29, 0.717) is 24.6 Å². The van der Waals surface area contributed by atoms with Crippen LogP contribution >= 0.6 is 0 Å². The number of hydrogen-bond donors (Lipinski definition) is 0. The first-order chi connectivity index (χ1) is 18.6. The van der Waals surface area contributed by atoms with Crippen LogP contribution in [0.1, 0.15) is 37.8 Å². The van der Waals surface area contributed by atoms with Crippen LogP contribution in [-0.2, 0) is 42.9 Å². The highest BCUT2D eigenvalue weighted by Crippen LogP contribution is 2.50. The van der Waals surface area contributed by atoms with E-state index in [0.717, 1.165) is 29.1 Å². The monoisotopic (exact) mass is 552 g/mol. The molecule has 0 unspecified atom stereocenters. The number of likely N-dealkylation sites (N-methyl/N-ethyl adjacent to an activating group) is 1. The number of piperidine rings is 1. The Morgan fingerprint density at radius 2 is 1.82 bits per heavy atom. The van der Waals surface area contributed by atoms with Crippen molar-refractivity contribution < 1.29 is 22.1 Å². The van der Waals surface area contributed by atoms with Crippen LogP contribution in [0.5, 0.6) is 0 Å². The lowest BCUT2D eigenvalue weighted by Gasteiger charge is -2.53. The maximum absolute atomic E-state index is 12.9. The predicted octanol–water partition coefficient (Wildman–Crippen LogP) is 4.02.